The minimum Gasteiger partial charge on any atom is -0.462 e. The van der Waals surface area contributed by atoms with E-state index in [2.05, 4.69) is 81.5 Å². The molecular formula is C76H138O6. The monoisotopic (exact) mass is 1150 g/mol. The molecule has 0 saturated heterocycles. The molecule has 82 heavy (non-hydrogen) atoms. The maximum Gasteiger partial charge on any atom is 0.306 e. The van der Waals surface area contributed by atoms with Gasteiger partial charge in [-0.15, -0.1) is 0 Å². The summed E-state index contributed by atoms with van der Waals surface area (Å²) in [6, 6.07) is 0. The number of carbonyl (C=O) groups is 3. The van der Waals surface area contributed by atoms with Crippen LogP contribution >= 0.6 is 0 Å². The molecule has 0 bridgehead atoms. The van der Waals surface area contributed by atoms with Crippen LogP contribution in [0.15, 0.2) is 60.8 Å². The van der Waals surface area contributed by atoms with E-state index < -0.39 is 6.10 Å². The van der Waals surface area contributed by atoms with Crippen LogP contribution in [0, 0.1) is 0 Å². The quantitative estimate of drug-likeness (QED) is 0.0261. The van der Waals surface area contributed by atoms with Crippen molar-refractivity contribution in [2.24, 2.45) is 0 Å². The Hall–Kier alpha value is -2.89. The van der Waals surface area contributed by atoms with Crippen LogP contribution < -0.4 is 0 Å². The van der Waals surface area contributed by atoms with Crippen LogP contribution in [-0.4, -0.2) is 37.2 Å². The van der Waals surface area contributed by atoms with Crippen molar-refractivity contribution < 1.29 is 28.6 Å². The van der Waals surface area contributed by atoms with E-state index in [0.29, 0.717) is 19.3 Å². The van der Waals surface area contributed by atoms with Gasteiger partial charge in [0.25, 0.3) is 0 Å². The van der Waals surface area contributed by atoms with Crippen LogP contribution in [0.25, 0.3) is 0 Å². The van der Waals surface area contributed by atoms with Gasteiger partial charge in [-0.2, -0.15) is 0 Å². The highest BCUT2D eigenvalue weighted by atomic mass is 16.6. The summed E-state index contributed by atoms with van der Waals surface area (Å²) in [4.78, 5) is 38.5. The third-order valence-electron chi connectivity index (χ3n) is 16.2. The number of ether oxygens (including phenoxy) is 3. The van der Waals surface area contributed by atoms with Gasteiger partial charge in [0.05, 0.1) is 0 Å². The number of allylic oxidation sites excluding steroid dienone is 10. The molecule has 0 aliphatic carbocycles. The van der Waals surface area contributed by atoms with Crippen LogP contribution in [0.5, 0.6) is 0 Å². The lowest BCUT2D eigenvalue weighted by atomic mass is 10.0. The normalized spacial score (nSPS) is 12.4. The third-order valence-corrected chi connectivity index (χ3v) is 16.2. The van der Waals surface area contributed by atoms with Crippen LogP contribution in [-0.2, 0) is 28.6 Å². The number of unbranched alkanes of at least 4 members (excludes halogenated alkanes) is 46. The van der Waals surface area contributed by atoms with Crippen molar-refractivity contribution in [2.75, 3.05) is 13.2 Å². The highest BCUT2D eigenvalue weighted by molar-refractivity contribution is 5.71. The van der Waals surface area contributed by atoms with Crippen molar-refractivity contribution in [1.29, 1.82) is 0 Å². The average Bonchev–Trinajstić information content (AvgIpc) is 3.47. The molecule has 1 atom stereocenters. The smallest absolute Gasteiger partial charge is 0.306 e. The van der Waals surface area contributed by atoms with E-state index in [-0.39, 0.29) is 31.1 Å². The Bertz CT molecular complexity index is 1460. The van der Waals surface area contributed by atoms with Gasteiger partial charge in [0.15, 0.2) is 6.10 Å². The second-order valence-corrected chi connectivity index (χ2v) is 24.5. The molecule has 0 aromatic carbocycles. The Morgan fingerprint density at radius 1 is 0.244 bits per heavy atom. The van der Waals surface area contributed by atoms with Gasteiger partial charge in [-0.25, -0.2) is 0 Å². The van der Waals surface area contributed by atoms with Crippen molar-refractivity contribution in [3.63, 3.8) is 0 Å². The van der Waals surface area contributed by atoms with Crippen molar-refractivity contribution in [1.82, 2.24) is 0 Å². The second-order valence-electron chi connectivity index (χ2n) is 24.5. The fraction of sp³-hybridized carbons (Fsp3) is 0.829. The van der Waals surface area contributed by atoms with E-state index in [1.54, 1.807) is 0 Å². The molecule has 0 aromatic heterocycles. The zero-order valence-corrected chi connectivity index (χ0v) is 55.0. The molecule has 0 aliphatic rings. The second kappa shape index (κ2) is 70.6. The molecule has 6 nitrogen and oxygen atoms in total. The molecule has 0 N–H and O–H groups in total. The summed E-state index contributed by atoms with van der Waals surface area (Å²) >= 11 is 0. The standard InChI is InChI=1S/C76H138O6/c1-4-7-10-13-16-19-22-25-28-30-32-34-35-36-37-38-39-40-41-43-44-46-48-51-54-57-60-63-66-69-75(78)81-72-73(71-80-74(77)68-65-62-59-56-53-50-27-24-21-18-15-12-9-6-3)82-76(79)70-67-64-61-58-55-52-49-47-45-42-33-31-29-26-23-20-17-14-11-8-5-2/h22-23,25-26,30-33,35-36,73H,4-21,24,27-29,34,37-72H2,1-3H3/b25-22-,26-23-,32-30-,33-31-,36-35-. The lowest BCUT2D eigenvalue weighted by molar-refractivity contribution is -0.167. The van der Waals surface area contributed by atoms with Crippen LogP contribution in [0.3, 0.4) is 0 Å². The summed E-state index contributed by atoms with van der Waals surface area (Å²) in [6.07, 6.45) is 91.0. The maximum absolute atomic E-state index is 13.0. The van der Waals surface area contributed by atoms with Gasteiger partial charge in [-0.1, -0.05) is 338 Å². The summed E-state index contributed by atoms with van der Waals surface area (Å²) in [5.74, 6) is -0.851. The fourth-order valence-electron chi connectivity index (χ4n) is 10.8. The van der Waals surface area contributed by atoms with Gasteiger partial charge < -0.3 is 14.2 Å². The van der Waals surface area contributed by atoms with Gasteiger partial charge in [-0.05, 0) is 89.9 Å². The predicted octanol–water partition coefficient (Wildman–Crippen LogP) is 25.1. The molecule has 0 amide bonds. The maximum atomic E-state index is 13.0. The largest absolute Gasteiger partial charge is 0.462 e. The minimum atomic E-state index is -0.776. The fourth-order valence-corrected chi connectivity index (χ4v) is 10.8. The predicted molar refractivity (Wildman–Crippen MR) is 358 cm³/mol. The van der Waals surface area contributed by atoms with Gasteiger partial charge in [-0.3, -0.25) is 14.4 Å². The highest BCUT2D eigenvalue weighted by Gasteiger charge is 2.19. The first-order chi connectivity index (χ1) is 40.5. The number of rotatable bonds is 67. The zero-order chi connectivity index (χ0) is 59.2. The SMILES string of the molecule is CCCCCCC/C=C\C/C=C\C/C=C\CCCCCCCCCCCCCCCCC(=O)OCC(COC(=O)CCCCCCCCCCCCCCCC)OC(=O)CCCCCCCCCCC/C=C\C/C=C\CCCCCCC. The van der Waals surface area contributed by atoms with E-state index >= 15 is 0 Å². The van der Waals surface area contributed by atoms with Crippen molar-refractivity contribution in [3.8, 4) is 0 Å². The number of esters is 3. The molecule has 0 spiro atoms. The van der Waals surface area contributed by atoms with Gasteiger partial charge in [0, 0.05) is 19.3 Å². The molecule has 0 saturated carbocycles. The third kappa shape index (κ3) is 67.9. The molecule has 1 unspecified atom stereocenters. The van der Waals surface area contributed by atoms with Crippen molar-refractivity contribution in [2.45, 2.75) is 393 Å². The summed E-state index contributed by atoms with van der Waals surface area (Å²) in [7, 11) is 0. The van der Waals surface area contributed by atoms with Gasteiger partial charge in [0.1, 0.15) is 13.2 Å². The van der Waals surface area contributed by atoms with Crippen molar-refractivity contribution >= 4 is 17.9 Å². The first kappa shape index (κ1) is 79.1. The van der Waals surface area contributed by atoms with Crippen molar-refractivity contribution in [3.05, 3.63) is 60.8 Å². The number of carbonyl (C=O) groups excluding carboxylic acids is 3. The molecule has 0 aromatic rings. The Kier molecular flexibility index (Phi) is 68.1. The number of hydrogen-bond acceptors (Lipinski definition) is 6. The van der Waals surface area contributed by atoms with Crippen LogP contribution in [0.4, 0.5) is 0 Å². The first-order valence-electron chi connectivity index (χ1n) is 36.3. The topological polar surface area (TPSA) is 78.9 Å². The molecule has 0 radical (unpaired) electrons. The Morgan fingerprint density at radius 3 is 0.683 bits per heavy atom. The van der Waals surface area contributed by atoms with Crippen LogP contribution in [0.1, 0.15) is 387 Å². The van der Waals surface area contributed by atoms with E-state index in [4.69, 9.17) is 14.2 Å². The molecule has 0 heterocycles. The first-order valence-corrected chi connectivity index (χ1v) is 36.3. The summed E-state index contributed by atoms with van der Waals surface area (Å²) in [6.45, 7) is 6.68. The Balaban J connectivity index is 4.25. The summed E-state index contributed by atoms with van der Waals surface area (Å²) in [5, 5.41) is 0. The van der Waals surface area contributed by atoms with Crippen LogP contribution in [0.2, 0.25) is 0 Å². The zero-order valence-electron chi connectivity index (χ0n) is 55.0. The van der Waals surface area contributed by atoms with E-state index in [0.717, 1.165) is 77.0 Å². The molecular weight excluding hydrogens is 1010 g/mol. The highest BCUT2D eigenvalue weighted by Crippen LogP contribution is 2.18. The Labute approximate surface area is 510 Å². The number of hydrogen-bond donors (Lipinski definition) is 0. The van der Waals surface area contributed by atoms with Gasteiger partial charge in [0.2, 0.25) is 0 Å². The molecule has 478 valence electrons. The van der Waals surface area contributed by atoms with E-state index in [9.17, 15) is 14.4 Å². The molecule has 0 aliphatic heterocycles. The lowest BCUT2D eigenvalue weighted by Crippen LogP contribution is -2.30. The minimum absolute atomic E-state index is 0.0712. The van der Waals surface area contributed by atoms with E-state index in [1.165, 1.54) is 270 Å². The summed E-state index contributed by atoms with van der Waals surface area (Å²) < 4.78 is 17.0. The summed E-state index contributed by atoms with van der Waals surface area (Å²) in [5.41, 5.74) is 0. The Morgan fingerprint density at radius 2 is 0.439 bits per heavy atom. The molecule has 0 fully saturated rings. The molecule has 6 heteroatoms. The average molecular weight is 1150 g/mol. The van der Waals surface area contributed by atoms with Gasteiger partial charge >= 0.3 is 17.9 Å². The lowest BCUT2D eigenvalue weighted by Gasteiger charge is -2.18. The van der Waals surface area contributed by atoms with E-state index in [1.807, 2.05) is 0 Å². The molecule has 0 rings (SSSR count).